The predicted molar refractivity (Wildman–Crippen MR) is 79.8 cm³/mol. The number of hydrogen-bond donors (Lipinski definition) is 0. The van der Waals surface area contributed by atoms with Crippen LogP contribution in [0.25, 0.3) is 0 Å². The number of benzene rings is 1. The second-order valence-electron chi connectivity index (χ2n) is 5.52. The second kappa shape index (κ2) is 6.50. The highest BCUT2D eigenvalue weighted by atomic mass is 16.7. The molecular formula is C15H18BN2O4. The zero-order chi connectivity index (χ0) is 15.5. The van der Waals surface area contributed by atoms with Gasteiger partial charge in [-0.2, -0.15) is 5.06 Å². The monoisotopic (exact) mass is 301 g/mol. The molecule has 7 heteroatoms. The van der Waals surface area contributed by atoms with Crippen LogP contribution in [0.3, 0.4) is 0 Å². The Morgan fingerprint density at radius 2 is 2.09 bits per heavy atom. The van der Waals surface area contributed by atoms with Gasteiger partial charge in [-0.15, -0.1) is 0 Å². The number of urea groups is 1. The third-order valence-corrected chi connectivity index (χ3v) is 4.10. The van der Waals surface area contributed by atoms with Gasteiger partial charge in [0, 0.05) is 13.7 Å². The number of hydroxylamine groups is 2. The summed E-state index contributed by atoms with van der Waals surface area (Å²) in [4.78, 5) is 31.7. The van der Waals surface area contributed by atoms with Crippen LogP contribution in [0, 0.1) is 0 Å². The molecule has 2 bridgehead atoms. The lowest BCUT2D eigenvalue weighted by molar-refractivity contribution is -0.140. The van der Waals surface area contributed by atoms with Crippen molar-refractivity contribution >= 4 is 19.2 Å². The number of nitrogens with zero attached hydrogens (tertiary/aromatic N) is 2. The van der Waals surface area contributed by atoms with E-state index in [0.29, 0.717) is 19.6 Å². The van der Waals surface area contributed by atoms with Crippen molar-refractivity contribution < 1.29 is 19.1 Å². The summed E-state index contributed by atoms with van der Waals surface area (Å²) in [6.45, 7) is 0.876. The summed E-state index contributed by atoms with van der Waals surface area (Å²) in [5.74, 6) is 0. The number of carbonyl (C=O) groups is 2. The van der Waals surface area contributed by atoms with Crippen molar-refractivity contribution in [2.24, 2.45) is 0 Å². The van der Waals surface area contributed by atoms with E-state index >= 15 is 0 Å². The maximum Gasteiger partial charge on any atom is 0.378 e. The van der Waals surface area contributed by atoms with Crippen molar-refractivity contribution in [1.82, 2.24) is 9.96 Å². The molecule has 115 valence electrons. The second-order valence-corrected chi connectivity index (χ2v) is 5.52. The van der Waals surface area contributed by atoms with Crippen LogP contribution in [0.4, 0.5) is 4.79 Å². The Hall–Kier alpha value is -1.86. The van der Waals surface area contributed by atoms with Gasteiger partial charge in [0.15, 0.2) is 0 Å². The van der Waals surface area contributed by atoms with Gasteiger partial charge < -0.3 is 14.3 Å². The molecule has 2 amide bonds. The minimum absolute atomic E-state index is 0.0165. The summed E-state index contributed by atoms with van der Waals surface area (Å²) in [5.41, 5.74) is 0.839. The van der Waals surface area contributed by atoms with E-state index in [2.05, 4.69) is 0 Å². The number of fused-ring (bicyclic) bond motifs is 2. The molecule has 22 heavy (non-hydrogen) atoms. The van der Waals surface area contributed by atoms with Crippen molar-refractivity contribution in [2.45, 2.75) is 31.5 Å². The summed E-state index contributed by atoms with van der Waals surface area (Å²) in [6.07, 6.45) is 1.39. The Morgan fingerprint density at radius 1 is 1.32 bits per heavy atom. The first-order valence-corrected chi connectivity index (χ1v) is 7.37. The van der Waals surface area contributed by atoms with Crippen LogP contribution in [-0.2, 0) is 20.9 Å². The lowest BCUT2D eigenvalue weighted by atomic mass is 9.82. The Bertz CT molecular complexity index is 554. The van der Waals surface area contributed by atoms with Gasteiger partial charge in [-0.1, -0.05) is 30.3 Å². The fourth-order valence-electron chi connectivity index (χ4n) is 3.01. The van der Waals surface area contributed by atoms with E-state index in [1.165, 1.54) is 19.7 Å². The average Bonchev–Trinajstić information content (AvgIpc) is 2.78. The minimum atomic E-state index is -0.436. The van der Waals surface area contributed by atoms with E-state index < -0.39 is 6.04 Å². The smallest absolute Gasteiger partial charge is 0.378 e. The van der Waals surface area contributed by atoms with Crippen LogP contribution in [0.2, 0.25) is 0 Å². The standard InChI is InChI=1S/C15H18BN2O4/c1-21-16-14(19)13-8-7-12-9-17(13)15(20)18(12)22-10-11-5-3-2-4-6-11/h2-6,12-13H,7-10H2,1H3/t12-,13+/m1/s1. The molecule has 0 aromatic heterocycles. The topological polar surface area (TPSA) is 59.1 Å². The highest BCUT2D eigenvalue weighted by molar-refractivity contribution is 6.70. The van der Waals surface area contributed by atoms with Crippen LogP contribution >= 0.6 is 0 Å². The fraction of sp³-hybridized carbons (Fsp3) is 0.467. The summed E-state index contributed by atoms with van der Waals surface area (Å²) in [5, 5.41) is 1.42. The predicted octanol–water partition coefficient (Wildman–Crippen LogP) is 1.18. The maximum absolute atomic E-state index is 12.4. The third kappa shape index (κ3) is 2.87. The summed E-state index contributed by atoms with van der Waals surface area (Å²) < 4.78 is 4.77. The molecule has 0 aliphatic carbocycles. The number of amides is 2. The lowest BCUT2D eigenvalue weighted by Crippen LogP contribution is -2.47. The third-order valence-electron chi connectivity index (χ3n) is 4.10. The van der Waals surface area contributed by atoms with E-state index in [9.17, 15) is 9.59 Å². The Morgan fingerprint density at radius 3 is 2.82 bits per heavy atom. The molecule has 1 aromatic carbocycles. The molecule has 1 radical (unpaired) electrons. The molecule has 2 heterocycles. The van der Waals surface area contributed by atoms with Crippen molar-refractivity contribution in [3.63, 3.8) is 0 Å². The summed E-state index contributed by atoms with van der Waals surface area (Å²) in [7, 11) is 2.61. The van der Waals surface area contributed by atoms with Crippen LogP contribution in [0.15, 0.2) is 30.3 Å². The normalized spacial score (nSPS) is 23.8. The molecule has 2 atom stereocenters. The van der Waals surface area contributed by atoms with E-state index in [1.54, 1.807) is 4.90 Å². The first kappa shape index (κ1) is 15.1. The van der Waals surface area contributed by atoms with Gasteiger partial charge in [-0.25, -0.2) is 4.79 Å². The molecule has 0 unspecified atom stereocenters. The van der Waals surface area contributed by atoms with E-state index in [1.807, 2.05) is 30.3 Å². The summed E-state index contributed by atoms with van der Waals surface area (Å²) >= 11 is 0. The van der Waals surface area contributed by atoms with Gasteiger partial charge >= 0.3 is 13.5 Å². The highest BCUT2D eigenvalue weighted by Crippen LogP contribution is 2.30. The van der Waals surface area contributed by atoms with Gasteiger partial charge in [-0.05, 0) is 18.4 Å². The molecule has 2 aliphatic rings. The number of hydrogen-bond acceptors (Lipinski definition) is 4. The largest absolute Gasteiger partial charge is 0.434 e. The minimum Gasteiger partial charge on any atom is -0.434 e. The molecule has 3 rings (SSSR count). The first-order chi connectivity index (χ1) is 10.7. The lowest BCUT2D eigenvalue weighted by Gasteiger charge is -2.28. The fourth-order valence-corrected chi connectivity index (χ4v) is 3.01. The molecule has 0 N–H and O–H groups in total. The molecule has 2 aliphatic heterocycles. The Kier molecular flexibility index (Phi) is 4.45. The quantitative estimate of drug-likeness (QED) is 0.740. The van der Waals surface area contributed by atoms with Crippen LogP contribution in [0.5, 0.6) is 0 Å². The zero-order valence-electron chi connectivity index (χ0n) is 12.5. The van der Waals surface area contributed by atoms with Gasteiger partial charge in [0.25, 0.3) is 0 Å². The van der Waals surface area contributed by atoms with E-state index in [4.69, 9.17) is 9.49 Å². The first-order valence-electron chi connectivity index (χ1n) is 7.37. The molecule has 6 nitrogen and oxygen atoms in total. The number of carbonyl (C=O) groups excluding carboxylic acids is 2. The van der Waals surface area contributed by atoms with Gasteiger partial charge in [0.1, 0.15) is 12.3 Å². The Labute approximate surface area is 130 Å². The van der Waals surface area contributed by atoms with Gasteiger partial charge in [0.2, 0.25) is 0 Å². The van der Waals surface area contributed by atoms with E-state index in [0.717, 1.165) is 12.0 Å². The van der Waals surface area contributed by atoms with Crippen LogP contribution in [-0.4, -0.2) is 54.9 Å². The highest BCUT2D eigenvalue weighted by Gasteiger charge is 2.47. The molecule has 2 fully saturated rings. The van der Waals surface area contributed by atoms with Crippen molar-refractivity contribution in [3.05, 3.63) is 35.9 Å². The van der Waals surface area contributed by atoms with Crippen LogP contribution in [0.1, 0.15) is 18.4 Å². The average molecular weight is 301 g/mol. The molecular weight excluding hydrogens is 283 g/mol. The zero-order valence-corrected chi connectivity index (χ0v) is 12.5. The van der Waals surface area contributed by atoms with Crippen molar-refractivity contribution in [2.75, 3.05) is 13.7 Å². The molecule has 0 saturated carbocycles. The van der Waals surface area contributed by atoms with Crippen molar-refractivity contribution in [3.8, 4) is 0 Å². The molecule has 2 saturated heterocycles. The van der Waals surface area contributed by atoms with Gasteiger partial charge in [-0.3, -0.25) is 4.84 Å². The molecule has 1 aromatic rings. The van der Waals surface area contributed by atoms with Gasteiger partial charge in [0.05, 0.1) is 12.1 Å². The Balaban J connectivity index is 1.64. The van der Waals surface area contributed by atoms with E-state index in [-0.39, 0.29) is 17.8 Å². The SMILES string of the molecule is CO[B]C(=O)[C@@H]1CC[C@@H]2CN1C(=O)N2OCc1ccccc1. The molecule has 0 spiro atoms. The summed E-state index contributed by atoms with van der Waals surface area (Å²) in [6, 6.07) is 9.05. The van der Waals surface area contributed by atoms with Crippen molar-refractivity contribution in [1.29, 1.82) is 0 Å². The number of piperidine rings is 1. The van der Waals surface area contributed by atoms with Crippen LogP contribution < -0.4 is 0 Å². The number of rotatable bonds is 6. The maximum atomic E-state index is 12.4.